The predicted molar refractivity (Wildman–Crippen MR) is 133 cm³/mol. The summed E-state index contributed by atoms with van der Waals surface area (Å²) in [6.07, 6.45) is 2.02. The molecule has 1 aliphatic carbocycles. The number of aryl methyl sites for hydroxylation is 1. The molecule has 5 rings (SSSR count). The number of halogens is 1. The number of furan rings is 1. The third-order valence-corrected chi connectivity index (χ3v) is 6.67. The zero-order chi connectivity index (χ0) is 23.8. The van der Waals surface area contributed by atoms with Crippen LogP contribution in [0.15, 0.2) is 87.6 Å². The van der Waals surface area contributed by atoms with Crippen LogP contribution < -0.4 is 10.6 Å². The minimum absolute atomic E-state index is 0.0492. The van der Waals surface area contributed by atoms with Gasteiger partial charge < -0.3 is 15.1 Å². The Labute approximate surface area is 203 Å². The van der Waals surface area contributed by atoms with Crippen molar-refractivity contribution in [1.82, 2.24) is 5.32 Å². The molecule has 2 aromatic carbocycles. The molecule has 1 aliphatic heterocycles. The smallest absolute Gasteiger partial charge is 0.254 e. The second kappa shape index (κ2) is 8.99. The number of benzene rings is 2. The fourth-order valence-corrected chi connectivity index (χ4v) is 4.97. The van der Waals surface area contributed by atoms with Crippen LogP contribution in [0.1, 0.15) is 43.4 Å². The van der Waals surface area contributed by atoms with Crippen LogP contribution in [0, 0.1) is 6.92 Å². The summed E-state index contributed by atoms with van der Waals surface area (Å²) in [6.45, 7) is 3.83. The van der Waals surface area contributed by atoms with Gasteiger partial charge in [-0.25, -0.2) is 0 Å². The number of allylic oxidation sites excluding steroid dienone is 3. The minimum Gasteiger partial charge on any atom is -0.460 e. The van der Waals surface area contributed by atoms with Crippen LogP contribution in [0.25, 0.3) is 11.3 Å². The molecule has 0 spiro atoms. The predicted octanol–water partition coefficient (Wildman–Crippen LogP) is 6.52. The number of hydrogen-bond donors (Lipinski definition) is 2. The molecule has 2 N–H and O–H groups in total. The van der Waals surface area contributed by atoms with Crippen LogP contribution in [-0.4, -0.2) is 11.7 Å². The molecule has 0 fully saturated rings. The van der Waals surface area contributed by atoms with Gasteiger partial charge in [-0.15, -0.1) is 0 Å². The Morgan fingerprint density at radius 3 is 2.68 bits per heavy atom. The third-order valence-electron chi connectivity index (χ3n) is 6.43. The van der Waals surface area contributed by atoms with Crippen molar-refractivity contribution in [2.75, 3.05) is 5.32 Å². The van der Waals surface area contributed by atoms with Gasteiger partial charge in [-0.05, 0) is 62.6 Å². The third kappa shape index (κ3) is 4.08. The SMILES string of the molecule is CC1=C(C(=O)Nc2ccccc2C)C(c2ccc(-c3cccc(Cl)c3)o2)C2=C(CCCC2=O)N1. The number of hydrogen-bond acceptors (Lipinski definition) is 4. The molecular weight excluding hydrogens is 448 g/mol. The number of nitrogens with one attached hydrogen (secondary N) is 2. The van der Waals surface area contributed by atoms with Gasteiger partial charge in [-0.3, -0.25) is 9.59 Å². The molecule has 0 saturated heterocycles. The van der Waals surface area contributed by atoms with Gasteiger partial charge in [0.2, 0.25) is 0 Å². The van der Waals surface area contributed by atoms with Gasteiger partial charge in [-0.1, -0.05) is 41.9 Å². The minimum atomic E-state index is -0.582. The van der Waals surface area contributed by atoms with E-state index in [-0.39, 0.29) is 11.7 Å². The van der Waals surface area contributed by atoms with E-state index >= 15 is 0 Å². The summed E-state index contributed by atoms with van der Waals surface area (Å²) < 4.78 is 6.28. The molecule has 3 aromatic rings. The highest BCUT2D eigenvalue weighted by molar-refractivity contribution is 6.30. The molecule has 1 unspecified atom stereocenters. The number of carbonyl (C=O) groups excluding carboxylic acids is 2. The number of rotatable bonds is 4. The van der Waals surface area contributed by atoms with E-state index in [9.17, 15) is 9.59 Å². The van der Waals surface area contributed by atoms with Crippen LogP contribution in [0.3, 0.4) is 0 Å². The molecule has 172 valence electrons. The lowest BCUT2D eigenvalue weighted by atomic mass is 9.77. The second-order valence-electron chi connectivity index (χ2n) is 8.75. The molecule has 1 aromatic heterocycles. The molecule has 6 heteroatoms. The first-order valence-electron chi connectivity index (χ1n) is 11.4. The number of Topliss-reactive ketones (excluding diaryl/α,β-unsaturated/α-hetero) is 1. The van der Waals surface area contributed by atoms with Gasteiger partial charge in [0, 0.05) is 39.7 Å². The maximum Gasteiger partial charge on any atom is 0.254 e. The molecule has 2 heterocycles. The van der Waals surface area contributed by atoms with E-state index in [4.69, 9.17) is 16.0 Å². The summed E-state index contributed by atoms with van der Waals surface area (Å²) in [4.78, 5) is 26.7. The Morgan fingerprint density at radius 2 is 1.88 bits per heavy atom. The standard InChI is InChI=1S/C28H25ClN2O3/c1-16-7-3-4-10-20(16)31-28(33)25-17(2)30-21-11-6-12-22(32)26(21)27(25)24-14-13-23(34-24)18-8-5-9-19(29)15-18/h3-5,7-10,13-15,27,30H,6,11-12H2,1-2H3,(H,31,33). The molecule has 1 amide bonds. The van der Waals surface area contributed by atoms with E-state index in [0.717, 1.165) is 41.1 Å². The zero-order valence-electron chi connectivity index (χ0n) is 19.1. The number of ketones is 1. The van der Waals surface area contributed by atoms with E-state index in [1.54, 1.807) is 6.07 Å². The number of amides is 1. The summed E-state index contributed by atoms with van der Waals surface area (Å²) in [5.41, 5.74) is 5.26. The van der Waals surface area contributed by atoms with Crippen molar-refractivity contribution in [3.05, 3.63) is 99.6 Å². The van der Waals surface area contributed by atoms with E-state index in [1.807, 2.05) is 68.4 Å². The van der Waals surface area contributed by atoms with Crippen LogP contribution in [0.5, 0.6) is 0 Å². The zero-order valence-corrected chi connectivity index (χ0v) is 19.8. The van der Waals surface area contributed by atoms with Gasteiger partial charge in [0.15, 0.2) is 5.78 Å². The fraction of sp³-hybridized carbons (Fsp3) is 0.214. The van der Waals surface area contributed by atoms with Crippen molar-refractivity contribution in [2.24, 2.45) is 0 Å². The van der Waals surface area contributed by atoms with E-state index in [2.05, 4.69) is 10.6 Å². The number of para-hydroxylation sites is 1. The summed E-state index contributed by atoms with van der Waals surface area (Å²) in [6, 6.07) is 18.8. The van der Waals surface area contributed by atoms with Gasteiger partial charge in [0.25, 0.3) is 5.91 Å². The second-order valence-corrected chi connectivity index (χ2v) is 9.18. The van der Waals surface area contributed by atoms with E-state index < -0.39 is 5.92 Å². The summed E-state index contributed by atoms with van der Waals surface area (Å²) in [7, 11) is 0. The molecular formula is C28H25ClN2O3. The normalized spacial score (nSPS) is 18.0. The monoisotopic (exact) mass is 472 g/mol. The Kier molecular flexibility index (Phi) is 5.88. The molecule has 34 heavy (non-hydrogen) atoms. The largest absolute Gasteiger partial charge is 0.460 e. The molecule has 1 atom stereocenters. The van der Waals surface area contributed by atoms with E-state index in [1.165, 1.54) is 0 Å². The first kappa shape index (κ1) is 22.2. The van der Waals surface area contributed by atoms with Crippen LogP contribution in [0.4, 0.5) is 5.69 Å². The lowest BCUT2D eigenvalue weighted by Crippen LogP contribution is -2.35. The summed E-state index contributed by atoms with van der Waals surface area (Å²) in [5, 5.41) is 6.99. The van der Waals surface area contributed by atoms with Crippen molar-refractivity contribution in [3.8, 4) is 11.3 Å². The van der Waals surface area contributed by atoms with Crippen molar-refractivity contribution in [3.63, 3.8) is 0 Å². The van der Waals surface area contributed by atoms with Crippen molar-refractivity contribution in [2.45, 2.75) is 39.0 Å². The van der Waals surface area contributed by atoms with Crippen molar-refractivity contribution >= 4 is 29.0 Å². The first-order valence-corrected chi connectivity index (χ1v) is 11.8. The fourth-order valence-electron chi connectivity index (χ4n) is 4.78. The number of anilines is 1. The lowest BCUT2D eigenvalue weighted by molar-refractivity contribution is -0.116. The van der Waals surface area contributed by atoms with Crippen LogP contribution >= 0.6 is 11.6 Å². The highest BCUT2D eigenvalue weighted by Crippen LogP contribution is 2.44. The van der Waals surface area contributed by atoms with Crippen LogP contribution in [-0.2, 0) is 9.59 Å². The van der Waals surface area contributed by atoms with Crippen molar-refractivity contribution < 1.29 is 14.0 Å². The van der Waals surface area contributed by atoms with Gasteiger partial charge in [0.05, 0.1) is 11.5 Å². The molecule has 0 bridgehead atoms. The summed E-state index contributed by atoms with van der Waals surface area (Å²) >= 11 is 6.17. The van der Waals surface area contributed by atoms with Gasteiger partial charge in [0.1, 0.15) is 11.5 Å². The molecule has 0 saturated carbocycles. The quantitative estimate of drug-likeness (QED) is 0.453. The summed E-state index contributed by atoms with van der Waals surface area (Å²) in [5.74, 6) is 0.412. The van der Waals surface area contributed by atoms with Crippen molar-refractivity contribution in [1.29, 1.82) is 0 Å². The highest BCUT2D eigenvalue weighted by Gasteiger charge is 2.40. The number of dihydropyridines is 1. The lowest BCUT2D eigenvalue weighted by Gasteiger charge is -2.33. The Morgan fingerprint density at radius 1 is 1.06 bits per heavy atom. The Bertz CT molecular complexity index is 1370. The Hall–Kier alpha value is -3.57. The molecule has 2 aliphatic rings. The van der Waals surface area contributed by atoms with Crippen LogP contribution in [0.2, 0.25) is 5.02 Å². The van der Waals surface area contributed by atoms with Gasteiger partial charge in [-0.2, -0.15) is 0 Å². The topological polar surface area (TPSA) is 71.3 Å². The maximum atomic E-state index is 13.6. The average Bonchev–Trinajstić information content (AvgIpc) is 3.30. The average molecular weight is 473 g/mol. The van der Waals surface area contributed by atoms with Gasteiger partial charge >= 0.3 is 0 Å². The molecule has 0 radical (unpaired) electrons. The Balaban J connectivity index is 1.59. The highest BCUT2D eigenvalue weighted by atomic mass is 35.5. The first-order chi connectivity index (χ1) is 16.4. The molecule has 5 nitrogen and oxygen atoms in total. The maximum absolute atomic E-state index is 13.6. The van der Waals surface area contributed by atoms with E-state index in [0.29, 0.717) is 34.1 Å². The number of carbonyl (C=O) groups is 2.